The molecule has 20 heavy (non-hydrogen) atoms. The Morgan fingerprint density at radius 1 is 1.35 bits per heavy atom. The van der Waals surface area contributed by atoms with Crippen molar-refractivity contribution in [3.05, 3.63) is 0 Å². The maximum absolute atomic E-state index is 12.2. The van der Waals surface area contributed by atoms with Crippen LogP contribution in [0.2, 0.25) is 0 Å². The summed E-state index contributed by atoms with van der Waals surface area (Å²) in [6.07, 6.45) is 0.616. The standard InChI is InChI=1S/C14H27NO4S/c1-7-11(12(16)19-13(2,3)4)15-8-9-20(17,18)14(5,6)10-15/h11H,7-10H2,1-6H3. The van der Waals surface area contributed by atoms with Crippen LogP contribution >= 0.6 is 0 Å². The van der Waals surface area contributed by atoms with E-state index >= 15 is 0 Å². The number of hydrogen-bond acceptors (Lipinski definition) is 5. The molecule has 0 aromatic heterocycles. The molecule has 0 aliphatic carbocycles. The van der Waals surface area contributed by atoms with Crippen LogP contribution in [0.15, 0.2) is 0 Å². The van der Waals surface area contributed by atoms with E-state index in [9.17, 15) is 13.2 Å². The number of esters is 1. The lowest BCUT2D eigenvalue weighted by Crippen LogP contribution is -2.58. The fourth-order valence-corrected chi connectivity index (χ4v) is 3.78. The van der Waals surface area contributed by atoms with Crippen molar-refractivity contribution in [1.29, 1.82) is 0 Å². The molecule has 0 saturated carbocycles. The first-order valence-electron chi connectivity index (χ1n) is 7.09. The molecular formula is C14H27NO4S. The molecule has 0 aromatic rings. The first-order chi connectivity index (χ1) is 8.89. The minimum atomic E-state index is -3.09. The van der Waals surface area contributed by atoms with Gasteiger partial charge in [0.1, 0.15) is 11.6 Å². The summed E-state index contributed by atoms with van der Waals surface area (Å²) in [6, 6.07) is -0.371. The number of rotatable bonds is 3. The van der Waals surface area contributed by atoms with Gasteiger partial charge in [0.05, 0.1) is 10.5 Å². The third kappa shape index (κ3) is 3.95. The highest BCUT2D eigenvalue weighted by atomic mass is 32.2. The van der Waals surface area contributed by atoms with E-state index in [2.05, 4.69) is 0 Å². The molecule has 0 bridgehead atoms. The minimum absolute atomic E-state index is 0.0965. The lowest BCUT2D eigenvalue weighted by atomic mass is 10.1. The predicted molar refractivity (Wildman–Crippen MR) is 79.4 cm³/mol. The van der Waals surface area contributed by atoms with Crippen molar-refractivity contribution in [2.24, 2.45) is 0 Å². The van der Waals surface area contributed by atoms with Crippen LogP contribution < -0.4 is 0 Å². The average Bonchev–Trinajstić information content (AvgIpc) is 2.21. The van der Waals surface area contributed by atoms with Crippen LogP contribution in [0.4, 0.5) is 0 Å². The highest BCUT2D eigenvalue weighted by molar-refractivity contribution is 7.92. The van der Waals surface area contributed by atoms with Crippen LogP contribution in [0, 0.1) is 0 Å². The Morgan fingerprint density at radius 3 is 2.30 bits per heavy atom. The van der Waals surface area contributed by atoms with E-state index in [-0.39, 0.29) is 17.8 Å². The van der Waals surface area contributed by atoms with E-state index in [1.54, 1.807) is 13.8 Å². The molecular weight excluding hydrogens is 278 g/mol. The van der Waals surface area contributed by atoms with Gasteiger partial charge in [0, 0.05) is 13.1 Å². The van der Waals surface area contributed by atoms with Crippen LogP contribution in [0.25, 0.3) is 0 Å². The number of carbonyl (C=O) groups excluding carboxylic acids is 1. The lowest BCUT2D eigenvalue weighted by molar-refractivity contribution is -0.161. The highest BCUT2D eigenvalue weighted by Gasteiger charge is 2.43. The monoisotopic (exact) mass is 305 g/mol. The van der Waals surface area contributed by atoms with E-state index in [4.69, 9.17) is 4.74 Å². The number of hydrogen-bond donors (Lipinski definition) is 0. The number of carbonyl (C=O) groups is 1. The summed E-state index contributed by atoms with van der Waals surface area (Å²) in [5.41, 5.74) is -0.526. The third-order valence-corrected chi connectivity index (χ3v) is 6.11. The SMILES string of the molecule is CCC(C(=O)OC(C)(C)C)N1CCS(=O)(=O)C(C)(C)C1. The fourth-order valence-electron chi connectivity index (χ4n) is 2.39. The zero-order chi connectivity index (χ0) is 15.8. The van der Waals surface area contributed by atoms with Gasteiger partial charge in [0.2, 0.25) is 0 Å². The smallest absolute Gasteiger partial charge is 0.323 e. The van der Waals surface area contributed by atoms with Gasteiger partial charge in [0.15, 0.2) is 9.84 Å². The van der Waals surface area contributed by atoms with E-state index < -0.39 is 20.2 Å². The van der Waals surface area contributed by atoms with Gasteiger partial charge in [-0.3, -0.25) is 9.69 Å². The Balaban J connectivity index is 2.85. The molecule has 1 fully saturated rings. The Hall–Kier alpha value is -0.620. The van der Waals surface area contributed by atoms with Crippen LogP contribution in [0.3, 0.4) is 0 Å². The second kappa shape index (κ2) is 5.64. The lowest BCUT2D eigenvalue weighted by Gasteiger charge is -2.41. The molecule has 1 unspecified atom stereocenters. The summed E-state index contributed by atoms with van der Waals surface area (Å²) < 4.78 is 28.6. The normalized spacial score (nSPS) is 24.1. The van der Waals surface area contributed by atoms with Crippen molar-refractivity contribution in [2.75, 3.05) is 18.8 Å². The van der Waals surface area contributed by atoms with Crippen LogP contribution in [-0.4, -0.2) is 54.5 Å². The van der Waals surface area contributed by atoms with E-state index in [0.29, 0.717) is 19.5 Å². The molecule has 1 saturated heterocycles. The molecule has 6 heteroatoms. The number of nitrogens with zero attached hydrogens (tertiary/aromatic N) is 1. The second-order valence-corrected chi connectivity index (χ2v) is 9.75. The molecule has 1 aliphatic heterocycles. The van der Waals surface area contributed by atoms with Gasteiger partial charge in [-0.2, -0.15) is 0 Å². The largest absolute Gasteiger partial charge is 0.459 e. The van der Waals surface area contributed by atoms with Crippen LogP contribution in [0.5, 0.6) is 0 Å². The zero-order valence-electron chi connectivity index (χ0n) is 13.4. The molecule has 118 valence electrons. The fraction of sp³-hybridized carbons (Fsp3) is 0.929. The quantitative estimate of drug-likeness (QED) is 0.741. The molecule has 0 aromatic carbocycles. The van der Waals surface area contributed by atoms with E-state index in [0.717, 1.165) is 0 Å². The number of sulfone groups is 1. The van der Waals surface area contributed by atoms with Gasteiger partial charge >= 0.3 is 5.97 Å². The van der Waals surface area contributed by atoms with Gasteiger partial charge in [-0.1, -0.05) is 6.92 Å². The van der Waals surface area contributed by atoms with Crippen molar-refractivity contribution >= 4 is 15.8 Å². The predicted octanol–water partition coefficient (Wildman–Crippen LogP) is 1.62. The molecule has 1 atom stereocenters. The van der Waals surface area contributed by atoms with Crippen molar-refractivity contribution in [1.82, 2.24) is 4.90 Å². The Labute approximate surface area is 122 Å². The summed E-state index contributed by atoms with van der Waals surface area (Å²) >= 11 is 0. The van der Waals surface area contributed by atoms with Gasteiger partial charge in [0.25, 0.3) is 0 Å². The molecule has 0 spiro atoms. The summed E-state index contributed by atoms with van der Waals surface area (Å²) in [4.78, 5) is 14.2. The molecule has 1 rings (SSSR count). The summed E-state index contributed by atoms with van der Waals surface area (Å²) in [5.74, 6) is -0.172. The Morgan fingerprint density at radius 2 is 1.90 bits per heavy atom. The zero-order valence-corrected chi connectivity index (χ0v) is 14.2. The van der Waals surface area contributed by atoms with Crippen molar-refractivity contribution in [3.63, 3.8) is 0 Å². The van der Waals surface area contributed by atoms with Gasteiger partial charge < -0.3 is 4.74 Å². The van der Waals surface area contributed by atoms with Gasteiger partial charge in [-0.25, -0.2) is 8.42 Å². The second-order valence-electron chi connectivity index (χ2n) is 7.01. The summed E-state index contributed by atoms with van der Waals surface area (Å²) in [5, 5.41) is 0. The first kappa shape index (κ1) is 17.4. The topological polar surface area (TPSA) is 63.7 Å². The van der Waals surface area contributed by atoms with E-state index in [1.165, 1.54) is 0 Å². The van der Waals surface area contributed by atoms with Gasteiger partial charge in [-0.15, -0.1) is 0 Å². The summed E-state index contributed by atoms with van der Waals surface area (Å²) in [6.45, 7) is 11.6. The molecule has 1 heterocycles. The average molecular weight is 305 g/mol. The minimum Gasteiger partial charge on any atom is -0.459 e. The molecule has 0 N–H and O–H groups in total. The van der Waals surface area contributed by atoms with Crippen molar-refractivity contribution in [3.8, 4) is 0 Å². The molecule has 0 amide bonds. The Kier molecular flexibility index (Phi) is 4.91. The maximum atomic E-state index is 12.2. The maximum Gasteiger partial charge on any atom is 0.323 e. The van der Waals surface area contributed by atoms with E-state index in [1.807, 2.05) is 32.6 Å². The highest BCUT2D eigenvalue weighted by Crippen LogP contribution is 2.26. The summed E-state index contributed by atoms with van der Waals surface area (Å²) in [7, 11) is -3.09. The number of ether oxygens (including phenoxy) is 1. The van der Waals surface area contributed by atoms with Crippen LogP contribution in [0.1, 0.15) is 48.0 Å². The van der Waals surface area contributed by atoms with Crippen LogP contribution in [-0.2, 0) is 19.4 Å². The van der Waals surface area contributed by atoms with Crippen molar-refractivity contribution in [2.45, 2.75) is 64.4 Å². The van der Waals surface area contributed by atoms with Crippen molar-refractivity contribution < 1.29 is 17.9 Å². The molecule has 5 nitrogen and oxygen atoms in total. The molecule has 0 radical (unpaired) electrons. The van der Waals surface area contributed by atoms with Gasteiger partial charge in [-0.05, 0) is 41.0 Å². The Bertz CT molecular complexity index is 462. The molecule has 1 aliphatic rings. The third-order valence-electron chi connectivity index (χ3n) is 3.58. The first-order valence-corrected chi connectivity index (χ1v) is 8.74.